The number of allylic oxidation sites excluding steroid dienone is 1. The van der Waals surface area contributed by atoms with Gasteiger partial charge in [0.05, 0.1) is 12.7 Å². The average Bonchev–Trinajstić information content (AvgIpc) is 3.00. The molecular formula is C24H16Br2O4. The first-order chi connectivity index (χ1) is 14.5. The van der Waals surface area contributed by atoms with Crippen molar-refractivity contribution in [2.75, 3.05) is 7.11 Å². The van der Waals surface area contributed by atoms with Gasteiger partial charge >= 0.3 is 0 Å². The number of fused-ring (bicyclic) bond motifs is 1. The molecule has 0 spiro atoms. The summed E-state index contributed by atoms with van der Waals surface area (Å²) in [4.78, 5) is 25.3. The van der Waals surface area contributed by atoms with Gasteiger partial charge in [-0.25, -0.2) is 0 Å². The van der Waals surface area contributed by atoms with Crippen molar-refractivity contribution in [1.29, 1.82) is 0 Å². The van der Waals surface area contributed by atoms with Crippen molar-refractivity contribution in [3.8, 4) is 11.5 Å². The summed E-state index contributed by atoms with van der Waals surface area (Å²) in [5.74, 6) is 0.536. The highest BCUT2D eigenvalue weighted by Gasteiger charge is 2.32. The van der Waals surface area contributed by atoms with Crippen LogP contribution >= 0.6 is 31.9 Å². The number of Topliss-reactive ketones (excluding diaryl/α,β-unsaturated/α-hetero) is 2. The molecule has 6 heteroatoms. The van der Waals surface area contributed by atoms with Crippen molar-refractivity contribution >= 4 is 49.5 Å². The van der Waals surface area contributed by atoms with Crippen LogP contribution < -0.4 is 9.47 Å². The van der Waals surface area contributed by atoms with Crippen LogP contribution in [0.3, 0.4) is 0 Å². The number of carbonyl (C=O) groups is 2. The van der Waals surface area contributed by atoms with Crippen LogP contribution in [0.25, 0.3) is 6.08 Å². The maximum Gasteiger partial charge on any atom is 0.197 e. The molecule has 0 aromatic heterocycles. The van der Waals surface area contributed by atoms with E-state index in [9.17, 15) is 9.59 Å². The fraction of sp³-hybridized carbons (Fsp3) is 0.0833. The van der Waals surface area contributed by atoms with Crippen molar-refractivity contribution in [3.05, 3.63) is 97.4 Å². The molecule has 0 atom stereocenters. The number of hydrogen-bond acceptors (Lipinski definition) is 4. The molecule has 0 bridgehead atoms. The molecule has 3 aromatic carbocycles. The first-order valence-electron chi connectivity index (χ1n) is 9.13. The maximum absolute atomic E-state index is 12.7. The molecule has 4 rings (SSSR count). The Kier molecular flexibility index (Phi) is 5.88. The molecule has 0 amide bonds. The summed E-state index contributed by atoms with van der Waals surface area (Å²) in [5, 5.41) is 0. The molecule has 0 saturated carbocycles. The van der Waals surface area contributed by atoms with E-state index in [1.807, 2.05) is 24.3 Å². The molecule has 0 unspecified atom stereocenters. The largest absolute Gasteiger partial charge is 0.493 e. The molecule has 0 saturated heterocycles. The van der Waals surface area contributed by atoms with Crippen LogP contribution in [0.5, 0.6) is 11.5 Å². The molecule has 1 aliphatic carbocycles. The quantitative estimate of drug-likeness (QED) is 0.290. The Bertz CT molecular complexity index is 1140. The molecule has 150 valence electrons. The zero-order valence-electron chi connectivity index (χ0n) is 15.9. The minimum Gasteiger partial charge on any atom is -0.493 e. The van der Waals surface area contributed by atoms with E-state index < -0.39 is 0 Å². The smallest absolute Gasteiger partial charge is 0.197 e. The molecular weight excluding hydrogens is 512 g/mol. The molecule has 0 heterocycles. The third kappa shape index (κ3) is 3.98. The number of ether oxygens (including phenoxy) is 2. The number of halogens is 2. The van der Waals surface area contributed by atoms with Crippen LogP contribution in [0.1, 0.15) is 31.8 Å². The van der Waals surface area contributed by atoms with Crippen molar-refractivity contribution in [2.24, 2.45) is 0 Å². The molecule has 0 radical (unpaired) electrons. The zero-order chi connectivity index (χ0) is 21.3. The van der Waals surface area contributed by atoms with Gasteiger partial charge in [0.15, 0.2) is 23.1 Å². The van der Waals surface area contributed by atoms with Gasteiger partial charge < -0.3 is 9.47 Å². The number of ketones is 2. The fourth-order valence-electron chi connectivity index (χ4n) is 3.23. The lowest BCUT2D eigenvalue weighted by molar-refractivity contribution is 0.0990. The molecule has 0 fully saturated rings. The lowest BCUT2D eigenvalue weighted by Crippen LogP contribution is -2.01. The van der Waals surface area contributed by atoms with E-state index in [-0.39, 0.29) is 17.1 Å². The predicted octanol–water partition coefficient (Wildman–Crippen LogP) is 6.26. The zero-order valence-corrected chi connectivity index (χ0v) is 19.1. The Morgan fingerprint density at radius 2 is 1.50 bits per heavy atom. The predicted molar refractivity (Wildman–Crippen MR) is 122 cm³/mol. The number of rotatable bonds is 5. The number of benzene rings is 3. The highest BCUT2D eigenvalue weighted by atomic mass is 79.9. The van der Waals surface area contributed by atoms with Crippen LogP contribution in [0.2, 0.25) is 0 Å². The van der Waals surface area contributed by atoms with E-state index in [0.29, 0.717) is 39.3 Å². The third-order valence-corrected chi connectivity index (χ3v) is 6.01. The minimum absolute atomic E-state index is 0.141. The van der Waals surface area contributed by atoms with E-state index in [1.165, 1.54) is 0 Å². The van der Waals surface area contributed by atoms with Crippen LogP contribution in [0, 0.1) is 0 Å². The Hall–Kier alpha value is -2.70. The lowest BCUT2D eigenvalue weighted by atomic mass is 10.1. The molecule has 0 aliphatic heterocycles. The van der Waals surface area contributed by atoms with Gasteiger partial charge in [0, 0.05) is 20.1 Å². The second-order valence-corrected chi connectivity index (χ2v) is 8.47. The maximum atomic E-state index is 12.7. The Morgan fingerprint density at radius 1 is 0.867 bits per heavy atom. The fourth-order valence-corrected chi connectivity index (χ4v) is 3.94. The van der Waals surface area contributed by atoms with Crippen LogP contribution in [0.4, 0.5) is 0 Å². The molecule has 30 heavy (non-hydrogen) atoms. The SMILES string of the molecule is COc1cc(C=C2C(=O)c3ccccc3C2=O)c(Br)cc1OCc1ccc(Br)cc1. The van der Waals surface area contributed by atoms with Crippen molar-refractivity contribution in [3.63, 3.8) is 0 Å². The van der Waals surface area contributed by atoms with Gasteiger partial charge in [0.1, 0.15) is 6.61 Å². The van der Waals surface area contributed by atoms with E-state index in [2.05, 4.69) is 31.9 Å². The monoisotopic (exact) mass is 526 g/mol. The van der Waals surface area contributed by atoms with E-state index in [4.69, 9.17) is 9.47 Å². The standard InChI is InChI=1S/C24H16Br2O4/c1-29-21-11-15(10-19-23(27)17-4-2-3-5-18(17)24(19)28)20(26)12-22(21)30-13-14-6-8-16(25)9-7-14/h2-12H,13H2,1H3. The highest BCUT2D eigenvalue weighted by molar-refractivity contribution is 9.10. The van der Waals surface area contributed by atoms with Crippen LogP contribution in [-0.4, -0.2) is 18.7 Å². The van der Waals surface area contributed by atoms with Gasteiger partial charge in [-0.2, -0.15) is 0 Å². The van der Waals surface area contributed by atoms with Crippen molar-refractivity contribution in [2.45, 2.75) is 6.61 Å². The topological polar surface area (TPSA) is 52.6 Å². The molecule has 3 aromatic rings. The van der Waals surface area contributed by atoms with Gasteiger partial charge in [0.2, 0.25) is 0 Å². The average molecular weight is 528 g/mol. The summed E-state index contributed by atoms with van der Waals surface area (Å²) in [6.45, 7) is 0.378. The van der Waals surface area contributed by atoms with Crippen LogP contribution in [0.15, 0.2) is 75.2 Å². The summed E-state index contributed by atoms with van der Waals surface area (Å²) >= 11 is 6.93. The second kappa shape index (κ2) is 8.58. The molecule has 1 aliphatic rings. The molecule has 0 N–H and O–H groups in total. The van der Waals surface area contributed by atoms with Gasteiger partial charge in [-0.3, -0.25) is 9.59 Å². The number of methoxy groups -OCH3 is 1. The first-order valence-corrected chi connectivity index (χ1v) is 10.7. The van der Waals surface area contributed by atoms with E-state index in [0.717, 1.165) is 10.0 Å². The summed E-state index contributed by atoms with van der Waals surface area (Å²) in [5.41, 5.74) is 2.69. The number of hydrogen-bond donors (Lipinski definition) is 0. The molecule has 4 nitrogen and oxygen atoms in total. The van der Waals surface area contributed by atoms with Crippen molar-refractivity contribution in [1.82, 2.24) is 0 Å². The van der Waals surface area contributed by atoms with Gasteiger partial charge in [0.25, 0.3) is 0 Å². The Labute approximate surface area is 190 Å². The Balaban J connectivity index is 1.63. The second-order valence-electron chi connectivity index (χ2n) is 6.70. The Morgan fingerprint density at radius 3 is 2.10 bits per heavy atom. The third-order valence-electron chi connectivity index (χ3n) is 4.80. The van der Waals surface area contributed by atoms with E-state index in [1.54, 1.807) is 49.6 Å². The minimum atomic E-state index is -0.267. The number of carbonyl (C=O) groups excluding carboxylic acids is 2. The van der Waals surface area contributed by atoms with Gasteiger partial charge in [-0.1, -0.05) is 68.3 Å². The van der Waals surface area contributed by atoms with E-state index >= 15 is 0 Å². The lowest BCUT2D eigenvalue weighted by Gasteiger charge is -2.13. The first kappa shape index (κ1) is 20.6. The summed E-state index contributed by atoms with van der Waals surface area (Å²) in [6, 6.07) is 18.2. The summed E-state index contributed by atoms with van der Waals surface area (Å²) in [6.07, 6.45) is 1.59. The van der Waals surface area contributed by atoms with Crippen molar-refractivity contribution < 1.29 is 19.1 Å². The normalized spacial score (nSPS) is 12.7. The summed E-state index contributed by atoms with van der Waals surface area (Å²) < 4.78 is 13.1. The van der Waals surface area contributed by atoms with Crippen LogP contribution in [-0.2, 0) is 6.61 Å². The van der Waals surface area contributed by atoms with Gasteiger partial charge in [-0.15, -0.1) is 0 Å². The van der Waals surface area contributed by atoms with Gasteiger partial charge in [-0.05, 0) is 41.5 Å². The highest BCUT2D eigenvalue weighted by Crippen LogP contribution is 2.36. The summed E-state index contributed by atoms with van der Waals surface area (Å²) in [7, 11) is 1.55.